The normalized spacial score (nSPS) is 11.8. The fourth-order valence-electron chi connectivity index (χ4n) is 4.18. The van der Waals surface area contributed by atoms with Crippen LogP contribution < -0.4 is 0 Å². The average molecular weight is 495 g/mol. The van der Waals surface area contributed by atoms with Gasteiger partial charge in [0.05, 0.1) is 0 Å². The molecule has 0 N–H and O–H groups in total. The van der Waals surface area contributed by atoms with Crippen molar-refractivity contribution in [1.82, 2.24) is 0 Å². The molecule has 0 spiro atoms. The Morgan fingerprint density at radius 3 is 1.03 bits per heavy atom. The van der Waals surface area contributed by atoms with E-state index >= 15 is 0 Å². The molecule has 0 aliphatic carbocycles. The highest BCUT2D eigenvalue weighted by Gasteiger charge is 2.32. The van der Waals surface area contributed by atoms with Crippen LogP contribution in [0.25, 0.3) is 11.1 Å². The lowest BCUT2D eigenvalue weighted by Crippen LogP contribution is -2.05. The van der Waals surface area contributed by atoms with Crippen molar-refractivity contribution in [3.8, 4) is 11.1 Å². The summed E-state index contributed by atoms with van der Waals surface area (Å²) < 4.78 is 1.10. The van der Waals surface area contributed by atoms with Gasteiger partial charge in [-0.1, -0.05) is 94.8 Å². The molecule has 0 nitrogen and oxygen atoms in total. The van der Waals surface area contributed by atoms with E-state index in [1.54, 1.807) is 0 Å². The minimum absolute atomic E-state index is 1.10. The Hall–Kier alpha value is -3.07. The summed E-state index contributed by atoms with van der Waals surface area (Å²) in [5, 5.41) is 0. The van der Waals surface area contributed by atoms with Crippen molar-refractivity contribution < 1.29 is 0 Å². The first kappa shape index (κ1) is 20.8. The highest BCUT2D eigenvalue weighted by atomic mass is 79.9. The third kappa shape index (κ3) is 3.81. The molecule has 0 amide bonds. The summed E-state index contributed by atoms with van der Waals surface area (Å²) in [5.41, 5.74) is 2.45. The van der Waals surface area contributed by atoms with E-state index < -0.39 is 10.0 Å². The predicted octanol–water partition coefficient (Wildman–Crippen LogP) is 9.46. The minimum Gasteiger partial charge on any atom is -0.133 e. The zero-order valence-electron chi connectivity index (χ0n) is 17.6. The maximum absolute atomic E-state index is 3.54. The van der Waals surface area contributed by atoms with Gasteiger partial charge in [-0.05, 0) is 71.8 Å². The Kier molecular flexibility index (Phi) is 5.98. The Morgan fingerprint density at radius 2 is 0.656 bits per heavy atom. The van der Waals surface area contributed by atoms with Gasteiger partial charge in [0.15, 0.2) is 0 Å². The molecule has 156 valence electrons. The van der Waals surface area contributed by atoms with Gasteiger partial charge in [0.1, 0.15) is 0 Å². The second kappa shape index (κ2) is 9.20. The summed E-state index contributed by atoms with van der Waals surface area (Å²) in [4.78, 5) is 5.36. The van der Waals surface area contributed by atoms with Crippen molar-refractivity contribution in [1.29, 1.82) is 0 Å². The molecule has 0 unspecified atom stereocenters. The maximum Gasteiger partial charge on any atom is 0.0175 e. The Balaban J connectivity index is 1.76. The molecule has 5 aromatic rings. The SMILES string of the molecule is Brc1ccc(-c2ccc(S(c3ccccc3)(c3ccccc3)c3ccccc3)cc2)cc1. The molecule has 0 saturated carbocycles. The highest BCUT2D eigenvalue weighted by Crippen LogP contribution is 2.73. The molecule has 5 aromatic carbocycles. The molecule has 2 heteroatoms. The van der Waals surface area contributed by atoms with Gasteiger partial charge in [-0.25, -0.2) is 0 Å². The molecule has 5 rings (SSSR count). The summed E-state index contributed by atoms with van der Waals surface area (Å²) in [6, 6.07) is 50.5. The largest absolute Gasteiger partial charge is 0.133 e. The van der Waals surface area contributed by atoms with Crippen LogP contribution in [0.3, 0.4) is 0 Å². The number of hydrogen-bond acceptors (Lipinski definition) is 0. The summed E-state index contributed by atoms with van der Waals surface area (Å²) in [7, 11) is -1.62. The van der Waals surface area contributed by atoms with Crippen molar-refractivity contribution in [2.75, 3.05) is 0 Å². The van der Waals surface area contributed by atoms with Crippen LogP contribution in [0, 0.1) is 0 Å². The third-order valence-corrected chi connectivity index (χ3v) is 10.1. The average Bonchev–Trinajstić information content (AvgIpc) is 2.88. The summed E-state index contributed by atoms with van der Waals surface area (Å²) in [6.07, 6.45) is 0. The lowest BCUT2D eigenvalue weighted by molar-refractivity contribution is 1.24. The Morgan fingerprint density at radius 1 is 0.344 bits per heavy atom. The van der Waals surface area contributed by atoms with Crippen LogP contribution in [0.4, 0.5) is 0 Å². The molecule has 0 aliphatic heterocycles. The van der Waals surface area contributed by atoms with Crippen molar-refractivity contribution in [2.24, 2.45) is 0 Å². The molecule has 0 fully saturated rings. The first-order valence-corrected chi connectivity index (χ1v) is 13.1. The van der Waals surface area contributed by atoms with Gasteiger partial charge in [-0.15, -0.1) is 10.0 Å². The fourth-order valence-corrected chi connectivity index (χ4v) is 8.32. The van der Waals surface area contributed by atoms with Gasteiger partial charge in [0, 0.05) is 24.1 Å². The van der Waals surface area contributed by atoms with E-state index in [2.05, 4.69) is 155 Å². The van der Waals surface area contributed by atoms with Crippen LogP contribution in [0.5, 0.6) is 0 Å². The van der Waals surface area contributed by atoms with Crippen LogP contribution in [0.2, 0.25) is 0 Å². The smallest absolute Gasteiger partial charge is 0.0175 e. The second-order valence-electron chi connectivity index (χ2n) is 7.58. The van der Waals surface area contributed by atoms with Crippen molar-refractivity contribution in [2.45, 2.75) is 19.6 Å². The molecule has 0 bridgehead atoms. The molecule has 0 radical (unpaired) electrons. The molecular formula is C30H23BrS. The van der Waals surface area contributed by atoms with Gasteiger partial charge in [-0.3, -0.25) is 0 Å². The first-order chi connectivity index (χ1) is 15.8. The van der Waals surface area contributed by atoms with E-state index in [1.807, 2.05) is 0 Å². The van der Waals surface area contributed by atoms with Crippen LogP contribution in [-0.2, 0) is 0 Å². The van der Waals surface area contributed by atoms with Crippen LogP contribution in [-0.4, -0.2) is 0 Å². The molecule has 32 heavy (non-hydrogen) atoms. The van der Waals surface area contributed by atoms with Gasteiger partial charge in [0.25, 0.3) is 0 Å². The maximum atomic E-state index is 3.54. The number of halogens is 1. The van der Waals surface area contributed by atoms with Crippen LogP contribution in [0.15, 0.2) is 164 Å². The van der Waals surface area contributed by atoms with E-state index in [1.165, 1.54) is 30.7 Å². The Labute approximate surface area is 200 Å². The monoisotopic (exact) mass is 494 g/mol. The van der Waals surface area contributed by atoms with Crippen LogP contribution in [0.1, 0.15) is 0 Å². The van der Waals surface area contributed by atoms with E-state index in [0.29, 0.717) is 0 Å². The van der Waals surface area contributed by atoms with Gasteiger partial charge >= 0.3 is 0 Å². The number of benzene rings is 5. The highest BCUT2D eigenvalue weighted by molar-refractivity contribution is 9.10. The number of hydrogen-bond donors (Lipinski definition) is 0. The first-order valence-electron chi connectivity index (χ1n) is 10.6. The van der Waals surface area contributed by atoms with Crippen LogP contribution >= 0.6 is 26.0 Å². The quantitative estimate of drug-likeness (QED) is 0.228. The summed E-state index contributed by atoms with van der Waals surface area (Å²) >= 11 is 3.54. The van der Waals surface area contributed by atoms with Gasteiger partial charge < -0.3 is 0 Å². The van der Waals surface area contributed by atoms with E-state index in [4.69, 9.17) is 0 Å². The van der Waals surface area contributed by atoms with E-state index in [0.717, 1.165) is 4.47 Å². The minimum atomic E-state index is -1.62. The molecule has 0 saturated heterocycles. The van der Waals surface area contributed by atoms with E-state index in [-0.39, 0.29) is 0 Å². The predicted molar refractivity (Wildman–Crippen MR) is 140 cm³/mol. The molecule has 0 heterocycles. The Bertz CT molecular complexity index is 1180. The van der Waals surface area contributed by atoms with Gasteiger partial charge in [-0.2, -0.15) is 0 Å². The van der Waals surface area contributed by atoms with Gasteiger partial charge in [0.2, 0.25) is 0 Å². The zero-order chi connectivity index (χ0) is 21.8. The molecule has 0 atom stereocenters. The van der Waals surface area contributed by atoms with Crippen molar-refractivity contribution >= 4 is 26.0 Å². The van der Waals surface area contributed by atoms with Crippen molar-refractivity contribution in [3.05, 3.63) is 144 Å². The zero-order valence-corrected chi connectivity index (χ0v) is 20.0. The lowest BCUT2D eigenvalue weighted by atomic mass is 10.1. The molecular weight excluding hydrogens is 472 g/mol. The topological polar surface area (TPSA) is 0 Å². The third-order valence-electron chi connectivity index (χ3n) is 5.68. The second-order valence-corrected chi connectivity index (χ2v) is 11.6. The number of rotatable bonds is 5. The standard InChI is InChI=1S/C30H23BrS/c31-26-20-16-24(17-21-26)25-18-22-30(23-19-25)32(27-10-4-1-5-11-27,28-12-6-2-7-13-28)29-14-8-3-9-15-29/h1-23H. The fraction of sp³-hybridized carbons (Fsp3) is 0. The summed E-state index contributed by atoms with van der Waals surface area (Å²) in [5.74, 6) is 0. The van der Waals surface area contributed by atoms with Crippen molar-refractivity contribution in [3.63, 3.8) is 0 Å². The molecule has 0 aromatic heterocycles. The summed E-state index contributed by atoms with van der Waals surface area (Å²) in [6.45, 7) is 0. The van der Waals surface area contributed by atoms with E-state index in [9.17, 15) is 0 Å². The lowest BCUT2D eigenvalue weighted by Gasteiger charge is -2.42. The molecule has 0 aliphatic rings.